The van der Waals surface area contributed by atoms with Crippen molar-refractivity contribution >= 4 is 5.91 Å². The van der Waals surface area contributed by atoms with Crippen LogP contribution in [-0.2, 0) is 4.79 Å². The van der Waals surface area contributed by atoms with Gasteiger partial charge in [0.2, 0.25) is 5.91 Å². The summed E-state index contributed by atoms with van der Waals surface area (Å²) in [5.41, 5.74) is 0. The first-order chi connectivity index (χ1) is 7.56. The van der Waals surface area contributed by atoms with Crippen LogP contribution in [0.1, 0.15) is 46.5 Å². The van der Waals surface area contributed by atoms with Gasteiger partial charge in [-0.3, -0.25) is 4.79 Å². The number of amides is 1. The quantitative estimate of drug-likeness (QED) is 0.795. The average Bonchev–Trinajstić information content (AvgIpc) is 2.28. The van der Waals surface area contributed by atoms with Gasteiger partial charge in [-0.05, 0) is 32.2 Å². The summed E-state index contributed by atoms with van der Waals surface area (Å²) in [6, 6.07) is 1.13. The van der Waals surface area contributed by atoms with Gasteiger partial charge in [0.1, 0.15) is 0 Å². The summed E-state index contributed by atoms with van der Waals surface area (Å²) in [6.07, 6.45) is 4.70. The molecule has 1 aliphatic rings. The van der Waals surface area contributed by atoms with Gasteiger partial charge in [-0.1, -0.05) is 20.8 Å². The molecule has 1 fully saturated rings. The lowest BCUT2D eigenvalue weighted by Crippen LogP contribution is -2.44. The van der Waals surface area contributed by atoms with Gasteiger partial charge in [-0.25, -0.2) is 0 Å². The first-order valence-corrected chi connectivity index (χ1v) is 6.56. The first kappa shape index (κ1) is 13.5. The Morgan fingerprint density at radius 2 is 1.88 bits per heavy atom. The number of nitrogens with zero attached hydrogens (tertiary/aromatic N) is 1. The molecule has 94 valence electrons. The molecule has 1 N–H and O–H groups in total. The van der Waals surface area contributed by atoms with Crippen LogP contribution in [0.2, 0.25) is 0 Å². The third-order valence-corrected chi connectivity index (χ3v) is 3.58. The molecule has 0 spiro atoms. The van der Waals surface area contributed by atoms with Gasteiger partial charge in [0.05, 0.1) is 0 Å². The van der Waals surface area contributed by atoms with Crippen LogP contribution >= 0.6 is 0 Å². The predicted octanol–water partition coefficient (Wildman–Crippen LogP) is 2.02. The zero-order valence-corrected chi connectivity index (χ0v) is 11.1. The fraction of sp³-hybridized carbons (Fsp3) is 0.923. The number of rotatable bonds is 4. The summed E-state index contributed by atoms with van der Waals surface area (Å²) in [5.74, 6) is 0.406. The van der Waals surface area contributed by atoms with Crippen molar-refractivity contribution in [2.75, 3.05) is 13.6 Å². The third-order valence-electron chi connectivity index (χ3n) is 3.58. The molecule has 0 atom stereocenters. The maximum atomic E-state index is 11.9. The molecule has 0 bridgehead atoms. The number of hydrogen-bond acceptors (Lipinski definition) is 2. The van der Waals surface area contributed by atoms with Crippen molar-refractivity contribution in [2.24, 2.45) is 5.92 Å². The number of carbonyl (C=O) groups excluding carboxylic acids is 1. The summed E-state index contributed by atoms with van der Waals surface area (Å²) in [7, 11) is 1.96. The molecule has 0 saturated heterocycles. The lowest BCUT2D eigenvalue weighted by Gasteiger charge is -2.35. The van der Waals surface area contributed by atoms with Crippen LogP contribution in [0.5, 0.6) is 0 Å². The smallest absolute Gasteiger partial charge is 0.225 e. The molecule has 1 aliphatic carbocycles. The Morgan fingerprint density at radius 1 is 1.31 bits per heavy atom. The van der Waals surface area contributed by atoms with Crippen LogP contribution in [-0.4, -0.2) is 36.5 Å². The van der Waals surface area contributed by atoms with Crippen molar-refractivity contribution in [2.45, 2.75) is 58.5 Å². The van der Waals surface area contributed by atoms with E-state index >= 15 is 0 Å². The van der Waals surface area contributed by atoms with Gasteiger partial charge < -0.3 is 10.2 Å². The van der Waals surface area contributed by atoms with E-state index in [4.69, 9.17) is 0 Å². The molecule has 0 heterocycles. The van der Waals surface area contributed by atoms with E-state index < -0.39 is 0 Å². The van der Waals surface area contributed by atoms with E-state index in [0.29, 0.717) is 12.1 Å². The first-order valence-electron chi connectivity index (χ1n) is 6.56. The van der Waals surface area contributed by atoms with Crippen molar-refractivity contribution in [3.05, 3.63) is 0 Å². The Labute approximate surface area is 99.6 Å². The molecule has 0 aliphatic heterocycles. The molecule has 3 heteroatoms. The summed E-state index contributed by atoms with van der Waals surface area (Å²) < 4.78 is 0. The van der Waals surface area contributed by atoms with Crippen LogP contribution in [0.15, 0.2) is 0 Å². The highest BCUT2D eigenvalue weighted by molar-refractivity contribution is 5.78. The molecule has 3 nitrogen and oxygen atoms in total. The second-order valence-corrected chi connectivity index (χ2v) is 5.17. The minimum Gasteiger partial charge on any atom is -0.343 e. The van der Waals surface area contributed by atoms with Crippen molar-refractivity contribution in [1.29, 1.82) is 0 Å². The molecule has 0 aromatic heterocycles. The molecule has 1 rings (SSSR count). The molecule has 1 amide bonds. The zero-order chi connectivity index (χ0) is 12.1. The Bertz CT molecular complexity index is 220. The van der Waals surface area contributed by atoms with E-state index in [2.05, 4.69) is 12.2 Å². The highest BCUT2D eigenvalue weighted by atomic mass is 16.2. The highest BCUT2D eigenvalue weighted by Crippen LogP contribution is 2.23. The lowest BCUT2D eigenvalue weighted by atomic mass is 9.90. The maximum Gasteiger partial charge on any atom is 0.225 e. The van der Waals surface area contributed by atoms with Gasteiger partial charge in [-0.15, -0.1) is 0 Å². The van der Waals surface area contributed by atoms with Gasteiger partial charge in [0, 0.05) is 25.0 Å². The highest BCUT2D eigenvalue weighted by Gasteiger charge is 2.26. The van der Waals surface area contributed by atoms with Crippen LogP contribution in [0, 0.1) is 5.92 Å². The molecular weight excluding hydrogens is 200 g/mol. The van der Waals surface area contributed by atoms with E-state index in [1.54, 1.807) is 0 Å². The molecule has 1 saturated carbocycles. The SMILES string of the molecule is CCNC1CCC(N(C)C(=O)C(C)C)CC1. The number of hydrogen-bond donors (Lipinski definition) is 1. The summed E-state index contributed by atoms with van der Waals surface area (Å²) in [6.45, 7) is 7.16. The van der Waals surface area contributed by atoms with Crippen LogP contribution < -0.4 is 5.32 Å². The standard InChI is InChI=1S/C13H26N2O/c1-5-14-11-6-8-12(9-7-11)15(4)13(16)10(2)3/h10-12,14H,5-9H2,1-4H3. The van der Waals surface area contributed by atoms with Gasteiger partial charge in [0.25, 0.3) is 0 Å². The molecule has 0 aromatic rings. The fourth-order valence-corrected chi connectivity index (χ4v) is 2.54. The second-order valence-electron chi connectivity index (χ2n) is 5.17. The summed E-state index contributed by atoms with van der Waals surface area (Å²) in [5, 5.41) is 3.49. The van der Waals surface area contributed by atoms with E-state index in [1.165, 1.54) is 12.8 Å². The summed E-state index contributed by atoms with van der Waals surface area (Å²) in [4.78, 5) is 13.8. The van der Waals surface area contributed by atoms with Gasteiger partial charge >= 0.3 is 0 Å². The number of carbonyl (C=O) groups is 1. The average molecular weight is 226 g/mol. The Kier molecular flexibility index (Phi) is 5.26. The van der Waals surface area contributed by atoms with E-state index in [9.17, 15) is 4.79 Å². The second kappa shape index (κ2) is 6.24. The third kappa shape index (κ3) is 3.48. The predicted molar refractivity (Wildman–Crippen MR) is 67.3 cm³/mol. The Morgan fingerprint density at radius 3 is 2.31 bits per heavy atom. The van der Waals surface area contributed by atoms with Gasteiger partial charge in [0.15, 0.2) is 0 Å². The monoisotopic (exact) mass is 226 g/mol. The zero-order valence-electron chi connectivity index (χ0n) is 11.1. The maximum absolute atomic E-state index is 11.9. The van der Waals surface area contributed by atoms with Crippen molar-refractivity contribution in [1.82, 2.24) is 10.2 Å². The largest absolute Gasteiger partial charge is 0.343 e. The minimum atomic E-state index is 0.122. The molecule has 0 radical (unpaired) electrons. The molecular formula is C13H26N2O. The number of nitrogens with one attached hydrogen (secondary N) is 1. The molecule has 0 unspecified atom stereocenters. The van der Waals surface area contributed by atoms with E-state index in [-0.39, 0.29) is 11.8 Å². The van der Waals surface area contributed by atoms with Crippen molar-refractivity contribution in [3.8, 4) is 0 Å². The normalized spacial score (nSPS) is 25.8. The van der Waals surface area contributed by atoms with Crippen LogP contribution in [0.4, 0.5) is 0 Å². The lowest BCUT2D eigenvalue weighted by molar-refractivity contribution is -0.135. The van der Waals surface area contributed by atoms with E-state index in [1.807, 2.05) is 25.8 Å². The van der Waals surface area contributed by atoms with E-state index in [0.717, 1.165) is 19.4 Å². The fourth-order valence-electron chi connectivity index (χ4n) is 2.54. The summed E-state index contributed by atoms with van der Waals surface area (Å²) >= 11 is 0. The molecule has 16 heavy (non-hydrogen) atoms. The minimum absolute atomic E-state index is 0.122. The van der Waals surface area contributed by atoms with Gasteiger partial charge in [-0.2, -0.15) is 0 Å². The van der Waals surface area contributed by atoms with Crippen molar-refractivity contribution in [3.63, 3.8) is 0 Å². The van der Waals surface area contributed by atoms with Crippen LogP contribution in [0.25, 0.3) is 0 Å². The molecule has 0 aromatic carbocycles. The Balaban J connectivity index is 2.38. The Hall–Kier alpha value is -0.570. The topological polar surface area (TPSA) is 32.3 Å². The van der Waals surface area contributed by atoms with Crippen LogP contribution in [0.3, 0.4) is 0 Å². The van der Waals surface area contributed by atoms with Crippen molar-refractivity contribution < 1.29 is 4.79 Å².